The van der Waals surface area contributed by atoms with Gasteiger partial charge in [0.25, 0.3) is 0 Å². The van der Waals surface area contributed by atoms with Crippen LogP contribution < -0.4 is 9.47 Å². The molecule has 0 saturated heterocycles. The van der Waals surface area contributed by atoms with Crippen molar-refractivity contribution in [1.29, 1.82) is 0 Å². The monoisotopic (exact) mass is 789 g/mol. The van der Waals surface area contributed by atoms with Crippen molar-refractivity contribution in [2.24, 2.45) is 0 Å². The molecule has 7 aromatic rings. The van der Waals surface area contributed by atoms with Crippen molar-refractivity contribution >= 4 is 33.6 Å². The molecule has 3 aromatic heterocycles. The van der Waals surface area contributed by atoms with Crippen molar-refractivity contribution in [3.05, 3.63) is 121 Å². The van der Waals surface area contributed by atoms with E-state index in [0.29, 0.717) is 11.5 Å². The number of aryl methyl sites for hydroxylation is 2. The van der Waals surface area contributed by atoms with Crippen LogP contribution in [0.4, 0.5) is 0 Å². The molecule has 8 heteroatoms. The van der Waals surface area contributed by atoms with Gasteiger partial charge in [-0.2, -0.15) is 17.2 Å². The molecule has 0 radical (unpaired) electrons. The first-order valence-electron chi connectivity index (χ1n) is 14.5. The van der Waals surface area contributed by atoms with E-state index in [1.807, 2.05) is 71.2 Å². The van der Waals surface area contributed by atoms with Crippen LogP contribution in [0.1, 0.15) is 18.1 Å². The third-order valence-corrected chi connectivity index (χ3v) is 8.50. The summed E-state index contributed by atoms with van der Waals surface area (Å²) in [6, 6.07) is 33.2. The predicted octanol–water partition coefficient (Wildman–Crippen LogP) is 9.16. The smallest absolute Gasteiger partial charge is 0.509 e. The molecule has 0 N–H and O–H groups in total. The molecule has 0 aliphatic heterocycles. The summed E-state index contributed by atoms with van der Waals surface area (Å²) in [4.78, 5) is 5.94. The number of ether oxygens (including phenoxy) is 2. The third-order valence-electron chi connectivity index (χ3n) is 7.65. The molecule has 4 aromatic carbocycles. The molecular formula is C37H30N4O2PtS. The van der Waals surface area contributed by atoms with Gasteiger partial charge in [0.1, 0.15) is 11.6 Å². The quantitative estimate of drug-likeness (QED) is 0.114. The van der Waals surface area contributed by atoms with Gasteiger partial charge in [0, 0.05) is 45.9 Å². The first-order valence-corrected chi connectivity index (χ1v) is 15.5. The molecule has 45 heavy (non-hydrogen) atoms. The van der Waals surface area contributed by atoms with E-state index in [-0.39, 0.29) is 21.1 Å². The zero-order chi connectivity index (χ0) is 30.2. The summed E-state index contributed by atoms with van der Waals surface area (Å²) in [5.74, 6) is 3.69. The van der Waals surface area contributed by atoms with Crippen LogP contribution in [0.25, 0.3) is 44.4 Å². The number of hydrogen-bond acceptors (Lipinski definition) is 5. The Hall–Kier alpha value is -4.32. The van der Waals surface area contributed by atoms with Crippen molar-refractivity contribution in [3.8, 4) is 39.9 Å². The van der Waals surface area contributed by atoms with Crippen LogP contribution in [0.2, 0.25) is 0 Å². The van der Waals surface area contributed by atoms with Crippen LogP contribution in [-0.2, 0) is 21.1 Å². The third kappa shape index (κ3) is 5.90. The first-order chi connectivity index (χ1) is 21.5. The van der Waals surface area contributed by atoms with Gasteiger partial charge in [-0.15, -0.1) is 47.5 Å². The Balaban J connectivity index is 0.00000357. The number of para-hydroxylation sites is 1. The number of methoxy groups -OCH3 is 1. The van der Waals surface area contributed by atoms with Gasteiger partial charge < -0.3 is 14.0 Å². The van der Waals surface area contributed by atoms with Crippen LogP contribution in [0.15, 0.2) is 102 Å². The summed E-state index contributed by atoms with van der Waals surface area (Å²) >= 11 is 1.86. The second kappa shape index (κ2) is 13.0. The maximum absolute atomic E-state index is 6.33. The number of thioether (sulfide) groups is 1. The Bertz CT molecular complexity index is 2130. The van der Waals surface area contributed by atoms with E-state index >= 15 is 0 Å². The number of benzene rings is 4. The van der Waals surface area contributed by atoms with Crippen molar-refractivity contribution in [2.45, 2.75) is 25.7 Å². The topological polar surface area (TPSA) is 54.1 Å². The van der Waals surface area contributed by atoms with Gasteiger partial charge in [-0.05, 0) is 71.6 Å². The standard InChI is InChI=1S/C37H30N4O2S.Pt/c1-5-44-31-17-24(2)37(25(3)18-31)26-22-39-40(23-26)27-9-8-10-29(19-27)43-30-13-14-33-32-11-6-7-12-34(32)41(35(33)20-30)36-21-28(42-4)15-16-38-36;/h6-18,21-23H,5H2,1-4H3;/q-2;+2. The maximum Gasteiger partial charge on any atom is 2.00 e. The first kappa shape index (κ1) is 30.7. The van der Waals surface area contributed by atoms with Crippen LogP contribution in [0.5, 0.6) is 17.2 Å². The molecule has 6 nitrogen and oxygen atoms in total. The fourth-order valence-electron chi connectivity index (χ4n) is 5.78. The maximum atomic E-state index is 6.33. The number of rotatable bonds is 8. The molecule has 0 aliphatic carbocycles. The Morgan fingerprint density at radius 1 is 0.867 bits per heavy atom. The van der Waals surface area contributed by atoms with Gasteiger partial charge in [0.2, 0.25) is 0 Å². The van der Waals surface area contributed by atoms with Crippen molar-refractivity contribution in [2.75, 3.05) is 12.9 Å². The minimum Gasteiger partial charge on any atom is -0.509 e. The molecule has 0 fully saturated rings. The van der Waals surface area contributed by atoms with Gasteiger partial charge >= 0.3 is 21.1 Å². The van der Waals surface area contributed by atoms with E-state index in [1.54, 1.807) is 13.3 Å². The molecule has 0 aliphatic rings. The fourth-order valence-corrected chi connectivity index (χ4v) is 6.63. The number of hydrogen-bond donors (Lipinski definition) is 0. The van der Waals surface area contributed by atoms with E-state index in [4.69, 9.17) is 9.47 Å². The molecule has 0 amide bonds. The number of fused-ring (bicyclic) bond motifs is 3. The van der Waals surface area contributed by atoms with Gasteiger partial charge in [0.05, 0.1) is 13.3 Å². The van der Waals surface area contributed by atoms with Crippen LogP contribution >= 0.6 is 11.8 Å². The van der Waals surface area contributed by atoms with Crippen LogP contribution in [0, 0.1) is 26.0 Å². The molecule has 7 rings (SSSR count). The molecule has 0 atom stereocenters. The van der Waals surface area contributed by atoms with E-state index in [0.717, 1.165) is 50.4 Å². The summed E-state index contributed by atoms with van der Waals surface area (Å²) in [6.07, 6.45) is 5.71. The Labute approximate surface area is 281 Å². The molecular weight excluding hydrogens is 760 g/mol. The van der Waals surface area contributed by atoms with Crippen LogP contribution in [-0.4, -0.2) is 32.2 Å². The van der Waals surface area contributed by atoms with Gasteiger partial charge in [-0.3, -0.25) is 4.68 Å². The molecule has 0 bridgehead atoms. The summed E-state index contributed by atoms with van der Waals surface area (Å²) < 4.78 is 15.7. The van der Waals surface area contributed by atoms with Gasteiger partial charge in [-0.25, -0.2) is 4.98 Å². The minimum absolute atomic E-state index is 0. The average Bonchev–Trinajstić information content (AvgIpc) is 3.64. The van der Waals surface area contributed by atoms with E-state index in [9.17, 15) is 0 Å². The summed E-state index contributed by atoms with van der Waals surface area (Å²) in [5, 5.41) is 6.85. The average molecular weight is 790 g/mol. The molecule has 0 spiro atoms. The largest absolute Gasteiger partial charge is 2.00 e. The second-order valence-electron chi connectivity index (χ2n) is 10.5. The number of nitrogens with zero attached hydrogens (tertiary/aromatic N) is 4. The molecule has 0 unspecified atom stereocenters. The molecule has 0 saturated carbocycles. The predicted molar refractivity (Wildman–Crippen MR) is 178 cm³/mol. The summed E-state index contributed by atoms with van der Waals surface area (Å²) in [7, 11) is 1.66. The number of aromatic nitrogens is 4. The SMILES string of the molecule is CCSc1cc(C)c(-c2cnn(-c3[c-]c(Oc4[c-]c5c(cc4)c4ccccc4n5-c4cc(OC)ccn4)ccc3)c2)c(C)c1.[Pt+2]. The van der Waals surface area contributed by atoms with Gasteiger partial charge in [-0.1, -0.05) is 30.6 Å². The Morgan fingerprint density at radius 3 is 2.47 bits per heavy atom. The zero-order valence-corrected chi connectivity index (χ0v) is 28.4. The fraction of sp³-hybridized carbons (Fsp3) is 0.135. The van der Waals surface area contributed by atoms with Gasteiger partial charge in [0.15, 0.2) is 0 Å². The van der Waals surface area contributed by atoms with Crippen molar-refractivity contribution in [1.82, 2.24) is 19.3 Å². The normalized spacial score (nSPS) is 11.1. The summed E-state index contributed by atoms with van der Waals surface area (Å²) in [5.41, 5.74) is 7.47. The van der Waals surface area contributed by atoms with E-state index < -0.39 is 0 Å². The van der Waals surface area contributed by atoms with E-state index in [2.05, 4.69) is 84.1 Å². The Morgan fingerprint density at radius 2 is 1.67 bits per heavy atom. The van der Waals surface area contributed by atoms with Crippen molar-refractivity contribution < 1.29 is 30.5 Å². The summed E-state index contributed by atoms with van der Waals surface area (Å²) in [6.45, 7) is 6.51. The van der Waals surface area contributed by atoms with E-state index in [1.165, 1.54) is 21.6 Å². The number of pyridine rings is 1. The second-order valence-corrected chi connectivity index (χ2v) is 11.9. The van der Waals surface area contributed by atoms with Crippen LogP contribution in [0.3, 0.4) is 0 Å². The zero-order valence-electron chi connectivity index (χ0n) is 25.3. The minimum atomic E-state index is 0. The molecule has 226 valence electrons. The van der Waals surface area contributed by atoms with Crippen molar-refractivity contribution in [3.63, 3.8) is 0 Å². The Kier molecular flexibility index (Phi) is 8.84. The molecule has 3 heterocycles.